The number of carbonyl (C=O) groups is 2. The lowest BCUT2D eigenvalue weighted by Crippen LogP contribution is -2.41. The molecule has 12 heteroatoms. The summed E-state index contributed by atoms with van der Waals surface area (Å²) < 4.78 is 46.1. The Labute approximate surface area is 234 Å². The van der Waals surface area contributed by atoms with E-state index in [2.05, 4.69) is 4.90 Å². The van der Waals surface area contributed by atoms with Gasteiger partial charge in [-0.1, -0.05) is 18.2 Å². The van der Waals surface area contributed by atoms with E-state index in [1.54, 1.807) is 4.90 Å². The summed E-state index contributed by atoms with van der Waals surface area (Å²) in [6.07, 6.45) is 3.57. The second-order valence-corrected chi connectivity index (χ2v) is 14.3. The average molecular weight is 578 g/mol. The fraction of sp³-hybridized carbons (Fsp3) is 0.607. The molecule has 3 saturated heterocycles. The molecule has 0 bridgehead atoms. The molecular formula is C28H37F2N5O4S. The number of aromatic nitrogens is 2. The normalized spacial score (nSPS) is 28.1. The Kier molecular flexibility index (Phi) is 7.39. The molecule has 1 aromatic heterocycles. The number of rotatable bonds is 5. The van der Waals surface area contributed by atoms with Gasteiger partial charge in [-0.15, -0.1) is 10.3 Å². The Morgan fingerprint density at radius 2 is 1.93 bits per heavy atom. The molecule has 1 aromatic carbocycles. The van der Waals surface area contributed by atoms with Crippen molar-refractivity contribution >= 4 is 22.1 Å². The van der Waals surface area contributed by atoms with Crippen molar-refractivity contribution in [2.24, 2.45) is 0 Å². The summed E-state index contributed by atoms with van der Waals surface area (Å²) in [5, 5.41) is 4.97. The van der Waals surface area contributed by atoms with Crippen LogP contribution in [0.5, 0.6) is 0 Å². The minimum atomic E-state index is -2.79. The Bertz CT molecular complexity index is 1300. The predicted molar refractivity (Wildman–Crippen MR) is 148 cm³/mol. The number of carbonyl (C=O) groups excluding carboxylic acids is 2. The summed E-state index contributed by atoms with van der Waals surface area (Å²) in [6, 6.07) is 7.83. The monoisotopic (exact) mass is 577 g/mol. The van der Waals surface area contributed by atoms with Gasteiger partial charge in [0.25, 0.3) is 11.8 Å². The van der Waals surface area contributed by atoms with Gasteiger partial charge in [0.05, 0.1) is 31.5 Å². The molecule has 1 N–H and O–H groups in total. The first-order valence-electron chi connectivity index (χ1n) is 14.1. The van der Waals surface area contributed by atoms with Crippen LogP contribution in [0, 0.1) is 0 Å². The van der Waals surface area contributed by atoms with Crippen LogP contribution in [0.3, 0.4) is 0 Å². The molecule has 2 unspecified atom stereocenters. The summed E-state index contributed by atoms with van der Waals surface area (Å²) in [5.74, 6) is -2.78. The topological polar surface area (TPSA) is 91.1 Å². The number of amides is 2. The molecule has 4 aliphatic rings. The number of fused-ring (bicyclic) bond motifs is 3. The quantitative estimate of drug-likeness (QED) is 0.583. The first-order chi connectivity index (χ1) is 19.1. The van der Waals surface area contributed by atoms with Crippen LogP contribution in [0.4, 0.5) is 8.78 Å². The number of ether oxygens (including phenoxy) is 1. The third-order valence-electron chi connectivity index (χ3n) is 8.54. The van der Waals surface area contributed by atoms with Crippen molar-refractivity contribution < 1.29 is 27.7 Å². The standard InChI is InChI=1S/C28H37F2N5O4S/c1-40(38)18-22-25(27(37)33-13-15-39-16-14-33)31-35(26(22)21-6-2-3-7-23(21)40)20-5-4-10-32(17-20)11-8-24(36)34-12-9-28(29,30)19-34/h2-3,6-7,20,38H,4-5,8-19H2,1H3. The molecule has 0 radical (unpaired) electrons. The molecule has 6 rings (SSSR count). The summed E-state index contributed by atoms with van der Waals surface area (Å²) in [6.45, 7) is 3.58. The van der Waals surface area contributed by atoms with Crippen LogP contribution >= 0.6 is 10.3 Å². The molecule has 0 saturated carbocycles. The summed E-state index contributed by atoms with van der Waals surface area (Å²) in [4.78, 5) is 32.5. The molecule has 40 heavy (non-hydrogen) atoms. The van der Waals surface area contributed by atoms with Crippen LogP contribution in [-0.2, 0) is 15.3 Å². The molecule has 9 nitrogen and oxygen atoms in total. The van der Waals surface area contributed by atoms with Crippen LogP contribution < -0.4 is 0 Å². The van der Waals surface area contributed by atoms with E-state index in [9.17, 15) is 22.9 Å². The van der Waals surface area contributed by atoms with Crippen molar-refractivity contribution in [3.8, 4) is 11.3 Å². The van der Waals surface area contributed by atoms with Crippen LogP contribution in [-0.4, -0.2) is 112 Å². The second-order valence-electron chi connectivity index (χ2n) is 11.5. The lowest BCUT2D eigenvalue weighted by Gasteiger charge is -2.38. The predicted octanol–water partition coefficient (Wildman–Crippen LogP) is 3.70. The molecular weight excluding hydrogens is 540 g/mol. The van der Waals surface area contributed by atoms with E-state index < -0.39 is 22.8 Å². The highest BCUT2D eigenvalue weighted by Crippen LogP contribution is 2.60. The minimum absolute atomic E-state index is 0.0222. The average Bonchev–Trinajstić information content (AvgIpc) is 3.51. The molecule has 2 aromatic rings. The van der Waals surface area contributed by atoms with Gasteiger partial charge >= 0.3 is 0 Å². The molecule has 0 aliphatic carbocycles. The van der Waals surface area contributed by atoms with Gasteiger partial charge in [-0.25, -0.2) is 8.78 Å². The number of halogens is 2. The van der Waals surface area contributed by atoms with Crippen molar-refractivity contribution in [2.75, 3.05) is 65.3 Å². The maximum atomic E-state index is 13.7. The highest BCUT2D eigenvalue weighted by molar-refractivity contribution is 8.28. The van der Waals surface area contributed by atoms with E-state index in [-0.39, 0.29) is 37.2 Å². The van der Waals surface area contributed by atoms with Crippen molar-refractivity contribution in [3.63, 3.8) is 0 Å². The molecule has 2 atom stereocenters. The maximum Gasteiger partial charge on any atom is 0.274 e. The van der Waals surface area contributed by atoms with Crippen LogP contribution in [0.15, 0.2) is 29.2 Å². The Morgan fingerprint density at radius 1 is 1.15 bits per heavy atom. The van der Waals surface area contributed by atoms with Crippen molar-refractivity contribution in [2.45, 2.75) is 48.3 Å². The third-order valence-corrected chi connectivity index (χ3v) is 10.7. The van der Waals surface area contributed by atoms with E-state index in [0.717, 1.165) is 41.1 Å². The summed E-state index contributed by atoms with van der Waals surface area (Å²) >= 11 is 0. The van der Waals surface area contributed by atoms with Crippen molar-refractivity contribution in [1.82, 2.24) is 24.5 Å². The van der Waals surface area contributed by atoms with Gasteiger partial charge in [-0.2, -0.15) is 5.10 Å². The van der Waals surface area contributed by atoms with Gasteiger partial charge in [0.1, 0.15) is 0 Å². The van der Waals surface area contributed by atoms with Crippen LogP contribution in [0.1, 0.15) is 47.8 Å². The van der Waals surface area contributed by atoms with Gasteiger partial charge in [-0.05, 0) is 31.7 Å². The second kappa shape index (κ2) is 10.7. The number of nitrogens with zero attached hydrogens (tertiary/aromatic N) is 5. The van der Waals surface area contributed by atoms with E-state index in [0.29, 0.717) is 50.8 Å². The molecule has 3 fully saturated rings. The lowest BCUT2D eigenvalue weighted by molar-refractivity contribution is -0.132. The highest BCUT2D eigenvalue weighted by atomic mass is 32.3. The fourth-order valence-corrected chi connectivity index (χ4v) is 8.44. The number of morpholine rings is 1. The van der Waals surface area contributed by atoms with Gasteiger partial charge in [0.15, 0.2) is 5.69 Å². The largest absolute Gasteiger partial charge is 0.378 e. The minimum Gasteiger partial charge on any atom is -0.378 e. The molecule has 4 aliphatic heterocycles. The fourth-order valence-electron chi connectivity index (χ4n) is 6.44. The summed E-state index contributed by atoms with van der Waals surface area (Å²) in [5.41, 5.74) is 3.02. The molecule has 0 spiro atoms. The van der Waals surface area contributed by atoms with Crippen LogP contribution in [0.25, 0.3) is 11.3 Å². The van der Waals surface area contributed by atoms with E-state index in [4.69, 9.17) is 9.84 Å². The summed E-state index contributed by atoms with van der Waals surface area (Å²) in [7, 11) is -2.16. The molecule has 5 heterocycles. The third kappa shape index (κ3) is 5.26. The van der Waals surface area contributed by atoms with Gasteiger partial charge in [0.2, 0.25) is 5.91 Å². The number of hydrogen-bond acceptors (Lipinski definition) is 6. The Morgan fingerprint density at radius 3 is 2.67 bits per heavy atom. The first kappa shape index (κ1) is 27.6. The number of benzene rings is 1. The SMILES string of the molecule is CS1(O)Cc2c(C(=O)N3CCOCC3)nn(C3CCCN(CCC(=O)N4CCC(F)(F)C4)C3)c2-c2ccccc21. The van der Waals surface area contributed by atoms with Gasteiger partial charge in [-0.3, -0.25) is 14.3 Å². The van der Waals surface area contributed by atoms with E-state index >= 15 is 0 Å². The zero-order valence-electron chi connectivity index (χ0n) is 22.9. The molecule has 2 amide bonds. The number of hydrogen-bond donors (Lipinski definition) is 1. The Balaban J connectivity index is 1.27. The first-order valence-corrected chi connectivity index (χ1v) is 16.2. The van der Waals surface area contributed by atoms with Gasteiger partial charge in [0, 0.05) is 67.3 Å². The van der Waals surface area contributed by atoms with E-state index in [1.807, 2.05) is 35.2 Å². The maximum absolute atomic E-state index is 13.7. The number of likely N-dealkylation sites (tertiary alicyclic amines) is 2. The zero-order valence-corrected chi connectivity index (χ0v) is 23.7. The van der Waals surface area contributed by atoms with E-state index in [1.165, 1.54) is 4.90 Å². The zero-order chi connectivity index (χ0) is 28.1. The van der Waals surface area contributed by atoms with Crippen molar-refractivity contribution in [3.05, 3.63) is 35.5 Å². The lowest BCUT2D eigenvalue weighted by atomic mass is 10.0. The van der Waals surface area contributed by atoms with Crippen molar-refractivity contribution in [1.29, 1.82) is 0 Å². The smallest absolute Gasteiger partial charge is 0.274 e. The Hall–Kier alpha value is -2.54. The van der Waals surface area contributed by atoms with Gasteiger partial charge < -0.3 is 24.0 Å². The van der Waals surface area contributed by atoms with Crippen LogP contribution in [0.2, 0.25) is 0 Å². The molecule has 218 valence electrons. The highest BCUT2D eigenvalue weighted by Gasteiger charge is 2.41. The number of piperidine rings is 1. The number of alkyl halides is 2.